The standard InChI is InChI=1S/C13H17NO2/c15-12-14-16-11-7-2-1-4-8-13-9-5-3-6-10-13/h3-6,8-10,12H,1-2,7,11H2,(H,14,15)/b8-4+. The third-order valence-corrected chi connectivity index (χ3v) is 2.11. The van der Waals surface area contributed by atoms with Crippen molar-refractivity contribution in [3.05, 3.63) is 42.0 Å². The molecule has 0 atom stereocenters. The fourth-order valence-electron chi connectivity index (χ4n) is 1.31. The number of hydrogen-bond donors (Lipinski definition) is 1. The Morgan fingerprint density at radius 1 is 1.19 bits per heavy atom. The second-order valence-corrected chi connectivity index (χ2v) is 3.39. The number of hydroxylamine groups is 1. The van der Waals surface area contributed by atoms with Gasteiger partial charge in [0.1, 0.15) is 0 Å². The largest absolute Gasteiger partial charge is 0.277 e. The van der Waals surface area contributed by atoms with E-state index < -0.39 is 0 Å². The predicted octanol–water partition coefficient (Wildman–Crippen LogP) is 2.55. The molecule has 0 aliphatic rings. The van der Waals surface area contributed by atoms with Gasteiger partial charge in [-0.3, -0.25) is 9.63 Å². The van der Waals surface area contributed by atoms with Crippen LogP contribution in [0.5, 0.6) is 0 Å². The fourth-order valence-corrected chi connectivity index (χ4v) is 1.31. The molecule has 0 aliphatic heterocycles. The normalized spacial score (nSPS) is 10.5. The van der Waals surface area contributed by atoms with Gasteiger partial charge < -0.3 is 0 Å². The summed E-state index contributed by atoms with van der Waals surface area (Å²) in [5, 5.41) is 0. The Kier molecular flexibility index (Phi) is 6.76. The summed E-state index contributed by atoms with van der Waals surface area (Å²) < 4.78 is 0. The quantitative estimate of drug-likeness (QED) is 0.414. The van der Waals surface area contributed by atoms with Gasteiger partial charge in [0.15, 0.2) is 0 Å². The zero-order valence-electron chi connectivity index (χ0n) is 9.26. The summed E-state index contributed by atoms with van der Waals surface area (Å²) in [4.78, 5) is 14.7. The second kappa shape index (κ2) is 8.68. The molecule has 0 aromatic heterocycles. The number of carbonyl (C=O) groups excluding carboxylic acids is 1. The lowest BCUT2D eigenvalue weighted by Gasteiger charge is -1.98. The number of hydrogen-bond acceptors (Lipinski definition) is 2. The fraction of sp³-hybridized carbons (Fsp3) is 0.308. The van der Waals surface area contributed by atoms with Crippen LogP contribution in [-0.4, -0.2) is 13.0 Å². The molecule has 0 fully saturated rings. The van der Waals surface area contributed by atoms with E-state index in [2.05, 4.69) is 29.8 Å². The van der Waals surface area contributed by atoms with Gasteiger partial charge in [0.2, 0.25) is 6.41 Å². The topological polar surface area (TPSA) is 38.3 Å². The van der Waals surface area contributed by atoms with Gasteiger partial charge in [0.05, 0.1) is 6.61 Å². The third kappa shape index (κ3) is 5.98. The van der Waals surface area contributed by atoms with Crippen LogP contribution in [0.4, 0.5) is 0 Å². The van der Waals surface area contributed by atoms with E-state index in [4.69, 9.17) is 4.84 Å². The molecule has 0 saturated carbocycles. The van der Waals surface area contributed by atoms with Crippen LogP contribution in [0.25, 0.3) is 6.08 Å². The van der Waals surface area contributed by atoms with Crippen LogP contribution < -0.4 is 5.48 Å². The van der Waals surface area contributed by atoms with Gasteiger partial charge in [0, 0.05) is 0 Å². The maximum Gasteiger partial charge on any atom is 0.230 e. The van der Waals surface area contributed by atoms with Crippen molar-refractivity contribution in [2.24, 2.45) is 0 Å². The lowest BCUT2D eigenvalue weighted by Crippen LogP contribution is -2.12. The van der Waals surface area contributed by atoms with Crippen LogP contribution in [0.2, 0.25) is 0 Å². The first kappa shape index (κ1) is 12.5. The van der Waals surface area contributed by atoms with Gasteiger partial charge in [-0.2, -0.15) is 0 Å². The first-order valence-corrected chi connectivity index (χ1v) is 5.46. The van der Waals surface area contributed by atoms with E-state index >= 15 is 0 Å². The monoisotopic (exact) mass is 219 g/mol. The summed E-state index contributed by atoms with van der Waals surface area (Å²) >= 11 is 0. The molecule has 1 rings (SSSR count). The molecular weight excluding hydrogens is 202 g/mol. The highest BCUT2D eigenvalue weighted by molar-refractivity contribution is 5.48. The van der Waals surface area contributed by atoms with Crippen LogP contribution in [0, 0.1) is 0 Å². The smallest absolute Gasteiger partial charge is 0.230 e. The first-order chi connectivity index (χ1) is 7.93. The minimum atomic E-state index is 0.537. The Bertz CT molecular complexity index is 309. The number of amides is 1. The van der Waals surface area contributed by atoms with Crippen LogP contribution in [-0.2, 0) is 9.63 Å². The molecule has 0 spiro atoms. The van der Waals surface area contributed by atoms with E-state index in [-0.39, 0.29) is 0 Å². The van der Waals surface area contributed by atoms with Gasteiger partial charge in [0.25, 0.3) is 0 Å². The number of allylic oxidation sites excluding steroid dienone is 1. The van der Waals surface area contributed by atoms with Crippen molar-refractivity contribution in [1.82, 2.24) is 5.48 Å². The van der Waals surface area contributed by atoms with E-state index in [1.807, 2.05) is 18.2 Å². The highest BCUT2D eigenvalue weighted by atomic mass is 16.6. The van der Waals surface area contributed by atoms with Crippen molar-refractivity contribution >= 4 is 12.5 Å². The highest BCUT2D eigenvalue weighted by Gasteiger charge is 1.87. The minimum absolute atomic E-state index is 0.537. The van der Waals surface area contributed by atoms with E-state index in [1.54, 1.807) is 0 Å². The molecule has 16 heavy (non-hydrogen) atoms. The van der Waals surface area contributed by atoms with Gasteiger partial charge in [-0.15, -0.1) is 0 Å². The molecule has 0 heterocycles. The number of unbranched alkanes of at least 4 members (excludes halogenated alkanes) is 2. The summed E-state index contributed by atoms with van der Waals surface area (Å²) in [6, 6.07) is 10.2. The second-order valence-electron chi connectivity index (χ2n) is 3.39. The number of carbonyl (C=O) groups is 1. The van der Waals surface area contributed by atoms with Crippen molar-refractivity contribution in [3.8, 4) is 0 Å². The first-order valence-electron chi connectivity index (χ1n) is 5.46. The van der Waals surface area contributed by atoms with Crippen molar-refractivity contribution in [1.29, 1.82) is 0 Å². The minimum Gasteiger partial charge on any atom is -0.277 e. The molecule has 0 radical (unpaired) electrons. The average Bonchev–Trinajstić information content (AvgIpc) is 2.34. The van der Waals surface area contributed by atoms with Crippen LogP contribution >= 0.6 is 0 Å². The SMILES string of the molecule is O=CNOCCCC/C=C/c1ccccc1. The molecule has 3 nitrogen and oxygen atoms in total. The average molecular weight is 219 g/mol. The van der Waals surface area contributed by atoms with Crippen LogP contribution in [0.3, 0.4) is 0 Å². The molecule has 0 saturated heterocycles. The molecule has 86 valence electrons. The molecule has 3 heteroatoms. The van der Waals surface area contributed by atoms with Crippen molar-refractivity contribution in [3.63, 3.8) is 0 Å². The summed E-state index contributed by atoms with van der Waals surface area (Å²) in [6.07, 6.45) is 7.84. The zero-order chi connectivity index (χ0) is 11.5. The molecule has 1 aromatic rings. The van der Waals surface area contributed by atoms with Crippen molar-refractivity contribution in [2.45, 2.75) is 19.3 Å². The maximum atomic E-state index is 9.85. The van der Waals surface area contributed by atoms with E-state index in [0.717, 1.165) is 19.3 Å². The Morgan fingerprint density at radius 3 is 2.75 bits per heavy atom. The van der Waals surface area contributed by atoms with Crippen molar-refractivity contribution in [2.75, 3.05) is 6.61 Å². The summed E-state index contributed by atoms with van der Waals surface area (Å²) in [5.41, 5.74) is 3.39. The molecular formula is C13H17NO2. The Balaban J connectivity index is 2.03. The van der Waals surface area contributed by atoms with E-state index in [0.29, 0.717) is 13.0 Å². The molecule has 1 N–H and O–H groups in total. The Hall–Kier alpha value is -1.61. The van der Waals surface area contributed by atoms with Gasteiger partial charge in [-0.05, 0) is 24.8 Å². The van der Waals surface area contributed by atoms with Crippen LogP contribution in [0.1, 0.15) is 24.8 Å². The number of benzene rings is 1. The molecule has 1 amide bonds. The van der Waals surface area contributed by atoms with Gasteiger partial charge >= 0.3 is 0 Å². The zero-order valence-corrected chi connectivity index (χ0v) is 9.26. The summed E-state index contributed by atoms with van der Waals surface area (Å²) in [5.74, 6) is 0. The lowest BCUT2D eigenvalue weighted by molar-refractivity contribution is -0.120. The molecule has 0 bridgehead atoms. The maximum absolute atomic E-state index is 9.85. The molecule has 0 unspecified atom stereocenters. The Labute approximate surface area is 96.1 Å². The molecule has 0 aliphatic carbocycles. The highest BCUT2D eigenvalue weighted by Crippen LogP contribution is 2.04. The number of nitrogens with one attached hydrogen (secondary N) is 1. The van der Waals surface area contributed by atoms with Crippen LogP contribution in [0.15, 0.2) is 36.4 Å². The predicted molar refractivity (Wildman–Crippen MR) is 64.5 cm³/mol. The van der Waals surface area contributed by atoms with Crippen molar-refractivity contribution < 1.29 is 9.63 Å². The van der Waals surface area contributed by atoms with Gasteiger partial charge in [-0.1, -0.05) is 42.5 Å². The van der Waals surface area contributed by atoms with E-state index in [9.17, 15) is 4.79 Å². The Morgan fingerprint density at radius 2 is 2.00 bits per heavy atom. The van der Waals surface area contributed by atoms with E-state index in [1.165, 1.54) is 5.56 Å². The number of rotatable bonds is 8. The third-order valence-electron chi connectivity index (χ3n) is 2.11. The summed E-state index contributed by atoms with van der Waals surface area (Å²) in [6.45, 7) is 0.567. The van der Waals surface area contributed by atoms with Gasteiger partial charge in [-0.25, -0.2) is 5.48 Å². The molecule has 1 aromatic carbocycles. The lowest BCUT2D eigenvalue weighted by atomic mass is 10.2. The summed E-state index contributed by atoms with van der Waals surface area (Å²) in [7, 11) is 0.